The van der Waals surface area contributed by atoms with E-state index >= 15 is 0 Å². The van der Waals surface area contributed by atoms with Gasteiger partial charge < -0.3 is 19.6 Å². The second-order valence-corrected chi connectivity index (χ2v) is 8.89. The Morgan fingerprint density at radius 3 is 2.45 bits per heavy atom. The molecule has 1 N–H and O–H groups in total. The molecule has 2 aliphatic rings. The van der Waals surface area contributed by atoms with Gasteiger partial charge in [-0.05, 0) is 68.0 Å². The van der Waals surface area contributed by atoms with E-state index in [9.17, 15) is 9.90 Å². The normalized spacial score (nSPS) is 18.5. The maximum atomic E-state index is 13.3. The number of benzene rings is 1. The van der Waals surface area contributed by atoms with Gasteiger partial charge in [-0.15, -0.1) is 0 Å². The van der Waals surface area contributed by atoms with E-state index in [2.05, 4.69) is 34.1 Å². The van der Waals surface area contributed by atoms with Crippen molar-refractivity contribution in [3.8, 4) is 5.75 Å². The fourth-order valence-electron chi connectivity index (χ4n) is 4.92. The average Bonchev–Trinajstić information content (AvgIpc) is 3.45. The fourth-order valence-corrected chi connectivity index (χ4v) is 4.92. The second kappa shape index (κ2) is 9.79. The van der Waals surface area contributed by atoms with Crippen LogP contribution >= 0.6 is 0 Å². The number of pyridine rings is 1. The average molecular weight is 424 g/mol. The minimum Gasteiger partial charge on any atom is -0.495 e. The number of nitrogens with zero attached hydrogens (tertiary/aromatic N) is 3. The smallest absolute Gasteiger partial charge is 0.223 e. The van der Waals surface area contributed by atoms with Crippen LogP contribution in [-0.2, 0) is 17.6 Å². The Morgan fingerprint density at radius 2 is 1.87 bits per heavy atom. The molecule has 0 spiro atoms. The molecule has 0 radical (unpaired) electrons. The zero-order valence-corrected chi connectivity index (χ0v) is 18.5. The number of hydrogen-bond acceptors (Lipinski definition) is 5. The number of likely N-dealkylation sites (N-methyl/N-ethyl adjacent to an activating group) is 1. The Bertz CT molecular complexity index is 855. The minimum absolute atomic E-state index is 0.0922. The maximum absolute atomic E-state index is 13.3. The first-order valence-electron chi connectivity index (χ1n) is 11.3. The molecule has 6 nitrogen and oxygen atoms in total. The van der Waals surface area contributed by atoms with Crippen LogP contribution in [0.3, 0.4) is 0 Å². The molecular formula is C25H33N3O3. The van der Waals surface area contributed by atoms with Gasteiger partial charge in [0.1, 0.15) is 11.9 Å². The third kappa shape index (κ3) is 5.08. The number of aliphatic hydroxyl groups excluding tert-OH is 1. The number of aliphatic hydroxyl groups is 1. The number of likely N-dealkylation sites (tertiary alicyclic amines) is 1. The number of carbonyl (C=O) groups is 1. The molecule has 2 heterocycles. The van der Waals surface area contributed by atoms with Gasteiger partial charge in [0.05, 0.1) is 25.0 Å². The van der Waals surface area contributed by atoms with Gasteiger partial charge in [-0.2, -0.15) is 0 Å². The number of ether oxygens (including phenoxy) is 1. The van der Waals surface area contributed by atoms with Crippen LogP contribution < -0.4 is 4.74 Å². The van der Waals surface area contributed by atoms with Gasteiger partial charge in [0.2, 0.25) is 5.91 Å². The number of amides is 1. The molecule has 1 aromatic carbocycles. The first kappa shape index (κ1) is 21.8. The van der Waals surface area contributed by atoms with Crippen molar-refractivity contribution in [1.82, 2.24) is 14.8 Å². The first-order chi connectivity index (χ1) is 15.0. The number of rotatable bonds is 8. The molecule has 1 amide bonds. The Hall–Kier alpha value is -2.44. The van der Waals surface area contributed by atoms with E-state index in [0.29, 0.717) is 30.3 Å². The number of carbonyl (C=O) groups excluding carboxylic acids is 1. The molecule has 1 fully saturated rings. The van der Waals surface area contributed by atoms with Gasteiger partial charge in [0, 0.05) is 20.0 Å². The van der Waals surface area contributed by atoms with E-state index in [1.165, 1.54) is 24.0 Å². The summed E-state index contributed by atoms with van der Waals surface area (Å²) in [4.78, 5) is 21.7. The predicted octanol–water partition coefficient (Wildman–Crippen LogP) is 2.85. The summed E-state index contributed by atoms with van der Waals surface area (Å²) in [5.41, 5.74) is 3.29. The lowest BCUT2D eigenvalue weighted by Crippen LogP contribution is -2.48. The molecule has 2 atom stereocenters. The molecule has 2 aromatic rings. The van der Waals surface area contributed by atoms with Crippen molar-refractivity contribution in [3.63, 3.8) is 0 Å². The number of aromatic nitrogens is 1. The van der Waals surface area contributed by atoms with Gasteiger partial charge in [-0.1, -0.05) is 24.3 Å². The van der Waals surface area contributed by atoms with Crippen LogP contribution in [0.2, 0.25) is 0 Å². The first-order valence-corrected chi connectivity index (χ1v) is 11.3. The van der Waals surface area contributed by atoms with Crippen molar-refractivity contribution in [2.45, 2.75) is 44.2 Å². The summed E-state index contributed by atoms with van der Waals surface area (Å²) < 4.78 is 5.19. The van der Waals surface area contributed by atoms with E-state index in [-0.39, 0.29) is 11.9 Å². The summed E-state index contributed by atoms with van der Waals surface area (Å²) in [5.74, 6) is 1.07. The van der Waals surface area contributed by atoms with Gasteiger partial charge in [-0.3, -0.25) is 9.78 Å². The molecular weight excluding hydrogens is 390 g/mol. The Kier molecular flexibility index (Phi) is 6.88. The minimum atomic E-state index is -0.846. The van der Waals surface area contributed by atoms with Crippen molar-refractivity contribution < 1.29 is 14.6 Å². The molecule has 166 valence electrons. The zero-order valence-electron chi connectivity index (χ0n) is 18.5. The number of methoxy groups -OCH3 is 1. The third-order valence-corrected chi connectivity index (χ3v) is 6.80. The van der Waals surface area contributed by atoms with Crippen LogP contribution in [0.1, 0.15) is 42.2 Å². The summed E-state index contributed by atoms with van der Waals surface area (Å²) in [7, 11) is 3.43. The fraction of sp³-hybridized carbons (Fsp3) is 0.520. The summed E-state index contributed by atoms with van der Waals surface area (Å²) >= 11 is 0. The molecule has 31 heavy (non-hydrogen) atoms. The quantitative estimate of drug-likeness (QED) is 0.707. The van der Waals surface area contributed by atoms with Crippen LogP contribution in [0, 0.1) is 5.92 Å². The number of hydrogen-bond donors (Lipinski definition) is 1. The van der Waals surface area contributed by atoms with E-state index in [4.69, 9.17) is 4.74 Å². The number of fused-ring (bicyclic) bond motifs is 1. The highest BCUT2D eigenvalue weighted by molar-refractivity contribution is 5.77. The predicted molar refractivity (Wildman–Crippen MR) is 120 cm³/mol. The lowest BCUT2D eigenvalue weighted by Gasteiger charge is -2.35. The Morgan fingerprint density at radius 1 is 1.19 bits per heavy atom. The second-order valence-electron chi connectivity index (χ2n) is 8.89. The van der Waals surface area contributed by atoms with Crippen LogP contribution in [0.25, 0.3) is 0 Å². The molecule has 1 aliphatic carbocycles. The van der Waals surface area contributed by atoms with Crippen molar-refractivity contribution in [2.75, 3.05) is 33.8 Å². The molecule has 1 aromatic heterocycles. The van der Waals surface area contributed by atoms with E-state index in [0.717, 1.165) is 25.9 Å². The summed E-state index contributed by atoms with van der Waals surface area (Å²) in [6.45, 7) is 2.68. The molecule has 0 saturated carbocycles. The van der Waals surface area contributed by atoms with Gasteiger partial charge in [0.15, 0.2) is 0 Å². The van der Waals surface area contributed by atoms with Crippen LogP contribution in [0.5, 0.6) is 5.75 Å². The Labute approximate surface area is 184 Å². The van der Waals surface area contributed by atoms with E-state index < -0.39 is 6.10 Å². The van der Waals surface area contributed by atoms with Crippen LogP contribution in [-0.4, -0.2) is 65.6 Å². The van der Waals surface area contributed by atoms with Crippen molar-refractivity contribution >= 4 is 5.91 Å². The highest BCUT2D eigenvalue weighted by Gasteiger charge is 2.33. The lowest BCUT2D eigenvalue weighted by atomic mass is 9.99. The maximum Gasteiger partial charge on any atom is 0.223 e. The van der Waals surface area contributed by atoms with Gasteiger partial charge in [0.25, 0.3) is 0 Å². The third-order valence-electron chi connectivity index (χ3n) is 6.80. The largest absolute Gasteiger partial charge is 0.495 e. The van der Waals surface area contributed by atoms with Crippen LogP contribution in [0.15, 0.2) is 42.6 Å². The molecule has 2 unspecified atom stereocenters. The standard InChI is InChI=1S/C25H33N3O3/c1-27(24(29)15-18-13-19-7-3-4-8-20(19)14-18)23(17-28-11-5-6-12-28)25(30)22-10-9-21(31-2)16-26-22/h3-4,7-10,16,18,23,25,30H,5-6,11-15,17H2,1-2H3. The van der Waals surface area contributed by atoms with Crippen LogP contribution in [0.4, 0.5) is 0 Å². The summed E-state index contributed by atoms with van der Waals surface area (Å²) in [6.07, 6.45) is 5.52. The van der Waals surface area contributed by atoms with Crippen molar-refractivity contribution in [1.29, 1.82) is 0 Å². The van der Waals surface area contributed by atoms with E-state index in [1.807, 2.05) is 7.05 Å². The molecule has 1 saturated heterocycles. The SMILES string of the molecule is COc1ccc(C(O)C(CN2CCCC2)N(C)C(=O)CC2Cc3ccccc3C2)nc1. The molecule has 0 bridgehead atoms. The van der Waals surface area contributed by atoms with E-state index in [1.54, 1.807) is 30.3 Å². The molecule has 4 rings (SSSR count). The van der Waals surface area contributed by atoms with Gasteiger partial charge in [-0.25, -0.2) is 0 Å². The monoisotopic (exact) mass is 423 g/mol. The van der Waals surface area contributed by atoms with Gasteiger partial charge >= 0.3 is 0 Å². The lowest BCUT2D eigenvalue weighted by molar-refractivity contribution is -0.136. The topological polar surface area (TPSA) is 65.9 Å². The molecule has 1 aliphatic heterocycles. The Balaban J connectivity index is 1.46. The summed E-state index contributed by atoms with van der Waals surface area (Å²) in [6, 6.07) is 11.7. The summed E-state index contributed by atoms with van der Waals surface area (Å²) in [5, 5.41) is 11.2. The highest BCUT2D eigenvalue weighted by atomic mass is 16.5. The highest BCUT2D eigenvalue weighted by Crippen LogP contribution is 2.30. The van der Waals surface area contributed by atoms with Crippen molar-refractivity contribution in [3.05, 3.63) is 59.4 Å². The van der Waals surface area contributed by atoms with Crippen molar-refractivity contribution in [2.24, 2.45) is 5.92 Å². The zero-order chi connectivity index (χ0) is 21.8. The molecule has 6 heteroatoms.